The Balaban J connectivity index is 2.58. The van der Waals surface area contributed by atoms with Gasteiger partial charge in [-0.3, -0.25) is 9.59 Å². The lowest BCUT2D eigenvalue weighted by molar-refractivity contribution is -0.146. The van der Waals surface area contributed by atoms with Crippen molar-refractivity contribution in [2.24, 2.45) is 23.2 Å². The molecule has 4 heteroatoms. The number of amides is 1. The second-order valence-electron chi connectivity index (χ2n) is 6.36. The molecular weight excluding hydrogens is 230 g/mol. The minimum atomic E-state index is -0.839. The topological polar surface area (TPSA) is 66.4 Å². The molecule has 0 aliphatic heterocycles. The van der Waals surface area contributed by atoms with Gasteiger partial charge in [0.1, 0.15) is 0 Å². The fourth-order valence-electron chi connectivity index (χ4n) is 2.44. The molecule has 0 aromatic heterocycles. The van der Waals surface area contributed by atoms with Crippen LogP contribution in [0.25, 0.3) is 0 Å². The predicted molar refractivity (Wildman–Crippen MR) is 70.1 cm³/mol. The van der Waals surface area contributed by atoms with E-state index in [2.05, 4.69) is 26.1 Å². The molecule has 1 rings (SSSR count). The van der Waals surface area contributed by atoms with Crippen LogP contribution < -0.4 is 5.32 Å². The summed E-state index contributed by atoms with van der Waals surface area (Å²) in [5.41, 5.74) is 0.0681. The van der Waals surface area contributed by atoms with E-state index in [1.165, 1.54) is 0 Å². The molecule has 1 amide bonds. The monoisotopic (exact) mass is 255 g/mol. The van der Waals surface area contributed by atoms with Gasteiger partial charge in [0.2, 0.25) is 5.91 Å². The van der Waals surface area contributed by atoms with Crippen LogP contribution in [0.1, 0.15) is 47.0 Å². The average molecular weight is 255 g/mol. The SMILES string of the molecule is CCC(C)(C)CNC(=O)[C@H]1CC(C)C[C@H]1C(=O)O. The Morgan fingerprint density at radius 3 is 2.33 bits per heavy atom. The minimum absolute atomic E-state index is 0.0681. The Morgan fingerprint density at radius 1 is 1.28 bits per heavy atom. The number of rotatable bonds is 5. The highest BCUT2D eigenvalue weighted by Crippen LogP contribution is 2.36. The number of carbonyl (C=O) groups excluding carboxylic acids is 1. The van der Waals surface area contributed by atoms with Gasteiger partial charge in [-0.1, -0.05) is 27.7 Å². The summed E-state index contributed by atoms with van der Waals surface area (Å²) in [6.07, 6.45) is 2.29. The highest BCUT2D eigenvalue weighted by Gasteiger charge is 2.41. The van der Waals surface area contributed by atoms with Crippen LogP contribution in [0.2, 0.25) is 0 Å². The van der Waals surface area contributed by atoms with Gasteiger partial charge in [0, 0.05) is 6.54 Å². The average Bonchev–Trinajstić information content (AvgIpc) is 2.68. The summed E-state index contributed by atoms with van der Waals surface area (Å²) in [6.45, 7) is 8.90. The van der Waals surface area contributed by atoms with Crippen molar-refractivity contribution >= 4 is 11.9 Å². The molecule has 104 valence electrons. The Labute approximate surface area is 109 Å². The van der Waals surface area contributed by atoms with Gasteiger partial charge in [0.15, 0.2) is 0 Å². The number of carboxylic acid groups (broad SMARTS) is 1. The van der Waals surface area contributed by atoms with E-state index in [1.807, 2.05) is 6.92 Å². The molecule has 1 fully saturated rings. The largest absolute Gasteiger partial charge is 0.481 e. The summed E-state index contributed by atoms with van der Waals surface area (Å²) in [5.74, 6) is -1.47. The maximum absolute atomic E-state index is 12.1. The first-order valence-electron chi connectivity index (χ1n) is 6.77. The molecule has 0 bridgehead atoms. The molecule has 1 aliphatic carbocycles. The third kappa shape index (κ3) is 3.72. The van der Waals surface area contributed by atoms with Gasteiger partial charge >= 0.3 is 5.97 Å². The van der Waals surface area contributed by atoms with Crippen molar-refractivity contribution in [2.45, 2.75) is 47.0 Å². The maximum atomic E-state index is 12.1. The van der Waals surface area contributed by atoms with Crippen LogP contribution in [-0.4, -0.2) is 23.5 Å². The molecule has 0 aromatic rings. The highest BCUT2D eigenvalue weighted by atomic mass is 16.4. The van der Waals surface area contributed by atoms with Crippen molar-refractivity contribution < 1.29 is 14.7 Å². The van der Waals surface area contributed by atoms with Crippen LogP contribution in [0.15, 0.2) is 0 Å². The molecule has 0 heterocycles. The Bertz CT molecular complexity index is 325. The molecule has 0 aromatic carbocycles. The smallest absolute Gasteiger partial charge is 0.307 e. The molecule has 3 atom stereocenters. The standard InChI is InChI=1S/C14H25NO3/c1-5-14(3,4)8-15-12(16)10-6-9(2)7-11(10)13(17)18/h9-11H,5-8H2,1-4H3,(H,15,16)(H,17,18)/t9?,10-,11+/m0/s1. The van der Waals surface area contributed by atoms with Gasteiger partial charge in [-0.25, -0.2) is 0 Å². The van der Waals surface area contributed by atoms with E-state index in [1.54, 1.807) is 0 Å². The second kappa shape index (κ2) is 5.72. The molecule has 1 unspecified atom stereocenters. The van der Waals surface area contributed by atoms with E-state index in [9.17, 15) is 9.59 Å². The first kappa shape index (κ1) is 15.0. The molecular formula is C14H25NO3. The van der Waals surface area contributed by atoms with Crippen LogP contribution in [0.4, 0.5) is 0 Å². The van der Waals surface area contributed by atoms with Crippen LogP contribution >= 0.6 is 0 Å². The first-order chi connectivity index (χ1) is 8.26. The molecule has 0 spiro atoms. The van der Waals surface area contributed by atoms with Crippen molar-refractivity contribution in [2.75, 3.05) is 6.54 Å². The number of hydrogen-bond donors (Lipinski definition) is 2. The van der Waals surface area contributed by atoms with E-state index in [0.29, 0.717) is 25.3 Å². The summed E-state index contributed by atoms with van der Waals surface area (Å²) < 4.78 is 0. The quantitative estimate of drug-likeness (QED) is 0.792. The summed E-state index contributed by atoms with van der Waals surface area (Å²) in [7, 11) is 0. The summed E-state index contributed by atoms with van der Waals surface area (Å²) >= 11 is 0. The normalized spacial score (nSPS) is 28.1. The lowest BCUT2D eigenvalue weighted by Crippen LogP contribution is -2.39. The Morgan fingerprint density at radius 2 is 1.83 bits per heavy atom. The molecule has 2 N–H and O–H groups in total. The first-order valence-corrected chi connectivity index (χ1v) is 6.77. The molecule has 0 radical (unpaired) electrons. The third-order valence-corrected chi connectivity index (χ3v) is 4.15. The van der Waals surface area contributed by atoms with E-state index in [4.69, 9.17) is 5.11 Å². The van der Waals surface area contributed by atoms with Crippen molar-refractivity contribution in [3.05, 3.63) is 0 Å². The molecule has 18 heavy (non-hydrogen) atoms. The number of carbonyl (C=O) groups is 2. The summed E-state index contributed by atoms with van der Waals surface area (Å²) in [4.78, 5) is 23.2. The summed E-state index contributed by atoms with van der Waals surface area (Å²) in [5, 5.41) is 12.1. The molecule has 1 aliphatic rings. The maximum Gasteiger partial charge on any atom is 0.307 e. The minimum Gasteiger partial charge on any atom is -0.481 e. The van der Waals surface area contributed by atoms with E-state index in [-0.39, 0.29) is 17.2 Å². The van der Waals surface area contributed by atoms with Crippen LogP contribution in [0, 0.1) is 23.2 Å². The van der Waals surface area contributed by atoms with E-state index < -0.39 is 11.9 Å². The van der Waals surface area contributed by atoms with Gasteiger partial charge in [-0.2, -0.15) is 0 Å². The Kier molecular flexibility index (Phi) is 4.77. The summed E-state index contributed by atoms with van der Waals surface area (Å²) in [6, 6.07) is 0. The van der Waals surface area contributed by atoms with Crippen molar-refractivity contribution in [1.29, 1.82) is 0 Å². The zero-order valence-electron chi connectivity index (χ0n) is 11.8. The van der Waals surface area contributed by atoms with Gasteiger partial charge in [0.25, 0.3) is 0 Å². The second-order valence-corrected chi connectivity index (χ2v) is 6.36. The van der Waals surface area contributed by atoms with Crippen molar-refractivity contribution in [3.8, 4) is 0 Å². The van der Waals surface area contributed by atoms with E-state index in [0.717, 1.165) is 6.42 Å². The molecule has 0 saturated heterocycles. The number of hydrogen-bond acceptors (Lipinski definition) is 2. The van der Waals surface area contributed by atoms with Crippen LogP contribution in [0.3, 0.4) is 0 Å². The fourth-order valence-corrected chi connectivity index (χ4v) is 2.44. The highest BCUT2D eigenvalue weighted by molar-refractivity contribution is 5.85. The lowest BCUT2D eigenvalue weighted by Gasteiger charge is -2.24. The van der Waals surface area contributed by atoms with Gasteiger partial charge in [-0.05, 0) is 30.6 Å². The van der Waals surface area contributed by atoms with E-state index >= 15 is 0 Å². The van der Waals surface area contributed by atoms with Gasteiger partial charge < -0.3 is 10.4 Å². The van der Waals surface area contributed by atoms with Crippen molar-refractivity contribution in [1.82, 2.24) is 5.32 Å². The predicted octanol–water partition coefficient (Wildman–Crippen LogP) is 2.29. The van der Waals surface area contributed by atoms with Crippen molar-refractivity contribution in [3.63, 3.8) is 0 Å². The fraction of sp³-hybridized carbons (Fsp3) is 0.857. The molecule has 1 saturated carbocycles. The Hall–Kier alpha value is -1.06. The zero-order valence-corrected chi connectivity index (χ0v) is 11.8. The lowest BCUT2D eigenvalue weighted by atomic mass is 9.89. The zero-order chi connectivity index (χ0) is 13.9. The third-order valence-electron chi connectivity index (χ3n) is 4.15. The number of nitrogens with one attached hydrogen (secondary N) is 1. The van der Waals surface area contributed by atoms with Gasteiger partial charge in [0.05, 0.1) is 11.8 Å². The number of carboxylic acids is 1. The van der Waals surface area contributed by atoms with Gasteiger partial charge in [-0.15, -0.1) is 0 Å². The van der Waals surface area contributed by atoms with Crippen LogP contribution in [0.5, 0.6) is 0 Å². The number of aliphatic carboxylic acids is 1. The molecule has 4 nitrogen and oxygen atoms in total. The van der Waals surface area contributed by atoms with Crippen LogP contribution in [-0.2, 0) is 9.59 Å².